The SMILES string of the molecule is O=C(Oc1ccccc1)N1C(=O)C(c2ccccc2Cl)N(c2ccccc2Cl)C1=O. The number of carbonyl (C=O) groups excluding carboxylic acids is 3. The van der Waals surface area contributed by atoms with Gasteiger partial charge in [0.1, 0.15) is 11.8 Å². The number of urea groups is 1. The molecule has 1 fully saturated rings. The third-order valence-electron chi connectivity index (χ3n) is 4.55. The Kier molecular flexibility index (Phi) is 5.44. The predicted octanol–water partition coefficient (Wildman–Crippen LogP) is 5.70. The van der Waals surface area contributed by atoms with Crippen molar-refractivity contribution >= 4 is 46.9 Å². The van der Waals surface area contributed by atoms with Crippen LogP contribution in [0, 0.1) is 0 Å². The third kappa shape index (κ3) is 3.51. The van der Waals surface area contributed by atoms with E-state index in [0.717, 1.165) is 4.90 Å². The average Bonchev–Trinajstić information content (AvgIpc) is 2.99. The van der Waals surface area contributed by atoms with Crippen molar-refractivity contribution in [1.82, 2.24) is 4.90 Å². The number of benzene rings is 3. The molecule has 3 aromatic rings. The molecule has 0 radical (unpaired) electrons. The first-order valence-electron chi connectivity index (χ1n) is 8.92. The third-order valence-corrected chi connectivity index (χ3v) is 5.22. The highest BCUT2D eigenvalue weighted by molar-refractivity contribution is 6.35. The molecule has 1 saturated heterocycles. The summed E-state index contributed by atoms with van der Waals surface area (Å²) in [7, 11) is 0. The van der Waals surface area contributed by atoms with Crippen LogP contribution in [0.2, 0.25) is 10.0 Å². The lowest BCUT2D eigenvalue weighted by molar-refractivity contribution is -0.125. The zero-order valence-electron chi connectivity index (χ0n) is 15.4. The van der Waals surface area contributed by atoms with E-state index in [9.17, 15) is 14.4 Å². The van der Waals surface area contributed by atoms with E-state index in [4.69, 9.17) is 27.9 Å². The van der Waals surface area contributed by atoms with Crippen molar-refractivity contribution in [3.63, 3.8) is 0 Å². The van der Waals surface area contributed by atoms with Crippen LogP contribution in [0.3, 0.4) is 0 Å². The van der Waals surface area contributed by atoms with Gasteiger partial charge in [-0.05, 0) is 30.3 Å². The van der Waals surface area contributed by atoms with Gasteiger partial charge in [-0.2, -0.15) is 4.90 Å². The van der Waals surface area contributed by atoms with E-state index in [1.54, 1.807) is 78.9 Å². The largest absolute Gasteiger partial charge is 0.430 e. The van der Waals surface area contributed by atoms with Gasteiger partial charge in [0, 0.05) is 10.6 Å². The summed E-state index contributed by atoms with van der Waals surface area (Å²) in [6.45, 7) is 0. The van der Waals surface area contributed by atoms with Crippen LogP contribution in [-0.2, 0) is 4.79 Å². The summed E-state index contributed by atoms with van der Waals surface area (Å²) in [6, 6.07) is 19.3. The van der Waals surface area contributed by atoms with Crippen LogP contribution < -0.4 is 9.64 Å². The smallest absolute Gasteiger partial charge is 0.410 e. The summed E-state index contributed by atoms with van der Waals surface area (Å²) in [6.07, 6.45) is -1.11. The summed E-state index contributed by atoms with van der Waals surface area (Å²) >= 11 is 12.6. The summed E-state index contributed by atoms with van der Waals surface area (Å²) in [4.78, 5) is 40.8. The molecule has 1 aliphatic heterocycles. The van der Waals surface area contributed by atoms with Crippen molar-refractivity contribution in [3.05, 3.63) is 94.5 Å². The van der Waals surface area contributed by atoms with Gasteiger partial charge < -0.3 is 4.74 Å². The van der Waals surface area contributed by atoms with Crippen LogP contribution in [0.25, 0.3) is 0 Å². The van der Waals surface area contributed by atoms with E-state index in [2.05, 4.69) is 0 Å². The van der Waals surface area contributed by atoms with Gasteiger partial charge in [-0.1, -0.05) is 71.7 Å². The second kappa shape index (κ2) is 8.18. The van der Waals surface area contributed by atoms with Crippen LogP contribution in [-0.4, -0.2) is 22.9 Å². The second-order valence-electron chi connectivity index (χ2n) is 6.38. The molecule has 0 bridgehead atoms. The maximum atomic E-state index is 13.3. The number of rotatable bonds is 3. The van der Waals surface area contributed by atoms with Gasteiger partial charge >= 0.3 is 12.1 Å². The van der Waals surface area contributed by atoms with Gasteiger partial charge in [0.05, 0.1) is 10.7 Å². The van der Waals surface area contributed by atoms with Crippen molar-refractivity contribution in [2.24, 2.45) is 0 Å². The van der Waals surface area contributed by atoms with Crippen LogP contribution in [0.15, 0.2) is 78.9 Å². The van der Waals surface area contributed by atoms with Gasteiger partial charge in [0.15, 0.2) is 0 Å². The second-order valence-corrected chi connectivity index (χ2v) is 7.20. The lowest BCUT2D eigenvalue weighted by Crippen LogP contribution is -2.40. The fourth-order valence-corrected chi connectivity index (χ4v) is 3.67. The van der Waals surface area contributed by atoms with Crippen molar-refractivity contribution in [2.45, 2.75) is 6.04 Å². The van der Waals surface area contributed by atoms with E-state index >= 15 is 0 Å². The molecule has 150 valence electrons. The van der Waals surface area contributed by atoms with Crippen LogP contribution in [0.1, 0.15) is 11.6 Å². The Morgan fingerprint density at radius 1 is 0.800 bits per heavy atom. The quantitative estimate of drug-likeness (QED) is 0.489. The highest BCUT2D eigenvalue weighted by atomic mass is 35.5. The van der Waals surface area contributed by atoms with Gasteiger partial charge in [-0.25, -0.2) is 9.59 Å². The number of amides is 4. The van der Waals surface area contributed by atoms with E-state index in [1.807, 2.05) is 0 Å². The zero-order chi connectivity index (χ0) is 21.3. The Labute approximate surface area is 182 Å². The molecule has 0 aliphatic carbocycles. The van der Waals surface area contributed by atoms with Gasteiger partial charge in [0.25, 0.3) is 5.91 Å². The molecule has 1 atom stereocenters. The highest BCUT2D eigenvalue weighted by Gasteiger charge is 2.51. The van der Waals surface area contributed by atoms with E-state index < -0.39 is 24.1 Å². The van der Waals surface area contributed by atoms with Crippen LogP contribution in [0.4, 0.5) is 15.3 Å². The highest BCUT2D eigenvalue weighted by Crippen LogP contribution is 2.41. The number of hydrogen-bond donors (Lipinski definition) is 0. The minimum Gasteiger partial charge on any atom is -0.410 e. The first kappa shape index (κ1) is 19.9. The lowest BCUT2D eigenvalue weighted by Gasteiger charge is -2.23. The lowest BCUT2D eigenvalue weighted by atomic mass is 10.1. The minimum atomic E-state index is -1.17. The number of anilines is 1. The van der Waals surface area contributed by atoms with Gasteiger partial charge in [-0.3, -0.25) is 9.69 Å². The average molecular weight is 441 g/mol. The molecule has 8 heteroatoms. The van der Waals surface area contributed by atoms with E-state index in [0.29, 0.717) is 10.5 Å². The molecule has 1 unspecified atom stereocenters. The Morgan fingerprint density at radius 3 is 2.07 bits per heavy atom. The first-order valence-corrected chi connectivity index (χ1v) is 9.67. The Hall–Kier alpha value is -3.35. The number of nitrogens with zero attached hydrogens (tertiary/aromatic N) is 2. The maximum absolute atomic E-state index is 13.3. The van der Waals surface area contributed by atoms with Crippen molar-refractivity contribution in [3.8, 4) is 5.75 Å². The molecule has 4 rings (SSSR count). The first-order chi connectivity index (χ1) is 14.5. The Bertz CT molecular complexity index is 1070. The predicted molar refractivity (Wildman–Crippen MR) is 113 cm³/mol. The fourth-order valence-electron chi connectivity index (χ4n) is 3.21. The normalized spacial score (nSPS) is 16.1. The van der Waals surface area contributed by atoms with Crippen molar-refractivity contribution in [1.29, 1.82) is 0 Å². The summed E-state index contributed by atoms with van der Waals surface area (Å²) < 4.78 is 5.22. The number of halogens is 2. The van der Waals surface area contributed by atoms with Crippen LogP contribution in [0.5, 0.6) is 5.75 Å². The Morgan fingerprint density at radius 2 is 1.40 bits per heavy atom. The molecule has 0 N–H and O–H groups in total. The van der Waals surface area contributed by atoms with Gasteiger partial charge in [-0.15, -0.1) is 0 Å². The number of imide groups is 3. The molecule has 0 spiro atoms. The monoisotopic (exact) mass is 440 g/mol. The number of ether oxygens (including phenoxy) is 1. The fraction of sp³-hybridized carbons (Fsp3) is 0.0455. The number of para-hydroxylation sites is 2. The molecular weight excluding hydrogens is 427 g/mol. The molecular formula is C22H14Cl2N2O4. The van der Waals surface area contributed by atoms with Crippen LogP contribution >= 0.6 is 23.2 Å². The molecule has 0 aromatic heterocycles. The standard InChI is InChI=1S/C22H14Cl2N2O4/c23-16-11-5-4-10-15(16)19-20(27)26(22(29)30-14-8-2-1-3-9-14)21(28)25(19)18-13-7-6-12-17(18)24/h1-13,19H. The van der Waals surface area contributed by atoms with Crippen molar-refractivity contribution < 1.29 is 19.1 Å². The van der Waals surface area contributed by atoms with E-state index in [1.165, 1.54) is 0 Å². The zero-order valence-corrected chi connectivity index (χ0v) is 16.9. The van der Waals surface area contributed by atoms with Gasteiger partial charge in [0.2, 0.25) is 0 Å². The number of carbonyl (C=O) groups is 3. The molecule has 1 heterocycles. The maximum Gasteiger partial charge on any atom is 0.430 e. The van der Waals surface area contributed by atoms with E-state index in [-0.39, 0.29) is 21.5 Å². The molecule has 3 aromatic carbocycles. The summed E-state index contributed by atoms with van der Waals surface area (Å²) in [5.41, 5.74) is 0.643. The van der Waals surface area contributed by atoms with Crippen molar-refractivity contribution in [2.75, 3.05) is 4.90 Å². The summed E-state index contributed by atoms with van der Waals surface area (Å²) in [5.74, 6) is -0.581. The topological polar surface area (TPSA) is 66.9 Å². The Balaban J connectivity index is 1.78. The molecule has 4 amide bonds. The molecule has 30 heavy (non-hydrogen) atoms. The minimum absolute atomic E-state index is 0.202. The molecule has 0 saturated carbocycles. The number of hydrogen-bond acceptors (Lipinski definition) is 4. The summed E-state index contributed by atoms with van der Waals surface area (Å²) in [5, 5.41) is 0.521. The molecule has 6 nitrogen and oxygen atoms in total. The molecule has 1 aliphatic rings.